The summed E-state index contributed by atoms with van der Waals surface area (Å²) < 4.78 is 1.82. The molecule has 134 valence electrons. The zero-order valence-corrected chi connectivity index (χ0v) is 15.0. The summed E-state index contributed by atoms with van der Waals surface area (Å²) in [5.74, 6) is -0.293. The van der Waals surface area contributed by atoms with Gasteiger partial charge in [-0.15, -0.1) is 0 Å². The molecule has 26 heavy (non-hydrogen) atoms. The number of carbonyl (C=O) groups is 1. The summed E-state index contributed by atoms with van der Waals surface area (Å²) in [4.78, 5) is 12.6. The van der Waals surface area contributed by atoms with Crippen molar-refractivity contribution in [1.82, 2.24) is 15.1 Å². The number of benzene rings is 2. The van der Waals surface area contributed by atoms with E-state index in [-0.39, 0.29) is 12.5 Å². The summed E-state index contributed by atoms with van der Waals surface area (Å²) in [5.41, 5.74) is 4.47. The van der Waals surface area contributed by atoms with E-state index in [1.54, 1.807) is 6.07 Å². The lowest BCUT2D eigenvalue weighted by Gasteiger charge is -2.15. The highest BCUT2D eigenvalue weighted by Crippen LogP contribution is 2.14. The predicted octanol–water partition coefficient (Wildman–Crippen LogP) is 3.01. The van der Waals surface area contributed by atoms with Crippen molar-refractivity contribution in [3.05, 3.63) is 88.7 Å². The molecule has 2 aromatic carbocycles. The van der Waals surface area contributed by atoms with Crippen molar-refractivity contribution in [3.8, 4) is 0 Å². The van der Waals surface area contributed by atoms with Gasteiger partial charge in [0.15, 0.2) is 0 Å². The number of rotatable bonds is 6. The van der Waals surface area contributed by atoms with Crippen molar-refractivity contribution in [2.24, 2.45) is 0 Å². The van der Waals surface area contributed by atoms with Crippen LogP contribution in [0.4, 0.5) is 0 Å². The normalized spacial score (nSPS) is 12.0. The van der Waals surface area contributed by atoms with Crippen LogP contribution in [0.25, 0.3) is 0 Å². The number of aromatic nitrogens is 2. The highest BCUT2D eigenvalue weighted by molar-refractivity contribution is 5.92. The summed E-state index contributed by atoms with van der Waals surface area (Å²) in [5, 5.41) is 16.9. The van der Waals surface area contributed by atoms with Crippen LogP contribution < -0.4 is 5.32 Å². The van der Waals surface area contributed by atoms with Crippen molar-refractivity contribution < 1.29 is 9.90 Å². The van der Waals surface area contributed by atoms with Crippen LogP contribution in [0.5, 0.6) is 0 Å². The van der Waals surface area contributed by atoms with Gasteiger partial charge in [0.05, 0.1) is 19.2 Å². The number of hydrogen-bond donors (Lipinski definition) is 2. The Bertz CT molecular complexity index is 870. The number of hydrogen-bond acceptors (Lipinski definition) is 3. The Balaban J connectivity index is 1.73. The van der Waals surface area contributed by atoms with Gasteiger partial charge in [0, 0.05) is 5.69 Å². The van der Waals surface area contributed by atoms with E-state index in [0.29, 0.717) is 12.2 Å². The molecular weight excluding hydrogens is 326 g/mol. The summed E-state index contributed by atoms with van der Waals surface area (Å²) in [6, 6.07) is 19.0. The molecule has 0 bridgehead atoms. The Hall–Kier alpha value is -2.92. The van der Waals surface area contributed by atoms with E-state index in [2.05, 4.69) is 41.6 Å². The van der Waals surface area contributed by atoms with Crippen molar-refractivity contribution >= 4 is 5.91 Å². The molecule has 2 N–H and O–H groups in total. The molecule has 3 aromatic rings. The second-order valence-corrected chi connectivity index (χ2v) is 6.43. The zero-order chi connectivity index (χ0) is 18.5. The molecule has 1 amide bonds. The van der Waals surface area contributed by atoms with Gasteiger partial charge in [0.2, 0.25) is 0 Å². The maximum absolute atomic E-state index is 12.6. The number of nitrogens with one attached hydrogen (secondary N) is 1. The van der Waals surface area contributed by atoms with Crippen molar-refractivity contribution in [2.75, 3.05) is 6.61 Å². The number of aryl methyl sites for hydroxylation is 2. The Morgan fingerprint density at radius 3 is 2.46 bits per heavy atom. The van der Waals surface area contributed by atoms with Gasteiger partial charge in [0.1, 0.15) is 5.69 Å². The van der Waals surface area contributed by atoms with Gasteiger partial charge in [-0.25, -0.2) is 0 Å². The molecule has 5 nitrogen and oxygen atoms in total. The van der Waals surface area contributed by atoms with E-state index >= 15 is 0 Å². The second-order valence-electron chi connectivity index (χ2n) is 6.43. The summed E-state index contributed by atoms with van der Waals surface area (Å²) in [6.07, 6.45) is 0. The number of aliphatic hydroxyl groups excluding tert-OH is 1. The third-order valence-electron chi connectivity index (χ3n) is 4.36. The van der Waals surface area contributed by atoms with E-state index < -0.39 is 6.04 Å². The Morgan fingerprint density at radius 2 is 1.81 bits per heavy atom. The van der Waals surface area contributed by atoms with Crippen LogP contribution in [-0.4, -0.2) is 27.4 Å². The van der Waals surface area contributed by atoms with Crippen LogP contribution in [0.1, 0.15) is 38.9 Å². The van der Waals surface area contributed by atoms with Crippen LogP contribution in [-0.2, 0) is 6.54 Å². The molecule has 1 atom stereocenters. The van der Waals surface area contributed by atoms with Gasteiger partial charge >= 0.3 is 0 Å². The molecule has 0 aliphatic heterocycles. The Kier molecular flexibility index (Phi) is 5.49. The third-order valence-corrected chi connectivity index (χ3v) is 4.36. The van der Waals surface area contributed by atoms with Crippen molar-refractivity contribution in [1.29, 1.82) is 0 Å². The zero-order valence-electron chi connectivity index (χ0n) is 15.0. The SMILES string of the molecule is Cc1ccc(Cn2nc(C(=O)N[C@@H](CO)c3ccccc3)cc2C)cc1. The van der Waals surface area contributed by atoms with E-state index in [9.17, 15) is 9.90 Å². The average molecular weight is 349 g/mol. The quantitative estimate of drug-likeness (QED) is 0.719. The molecule has 0 aliphatic rings. The lowest BCUT2D eigenvalue weighted by atomic mass is 10.1. The van der Waals surface area contributed by atoms with Crippen LogP contribution in [0, 0.1) is 13.8 Å². The van der Waals surface area contributed by atoms with E-state index in [1.807, 2.05) is 41.9 Å². The highest BCUT2D eigenvalue weighted by Gasteiger charge is 2.18. The first-order valence-corrected chi connectivity index (χ1v) is 8.63. The molecule has 0 radical (unpaired) electrons. The molecule has 0 saturated heterocycles. The summed E-state index contributed by atoms with van der Waals surface area (Å²) in [6.45, 7) is 4.43. The van der Waals surface area contributed by atoms with Crippen LogP contribution in [0.3, 0.4) is 0 Å². The minimum absolute atomic E-state index is 0.168. The molecule has 0 spiro atoms. The average Bonchev–Trinajstić information content (AvgIpc) is 3.03. The molecular formula is C21H23N3O2. The molecule has 0 fully saturated rings. The fourth-order valence-electron chi connectivity index (χ4n) is 2.80. The standard InChI is InChI=1S/C21H23N3O2/c1-15-8-10-17(11-9-15)13-24-16(2)12-19(23-24)21(26)22-20(14-25)18-6-4-3-5-7-18/h3-12,20,25H,13-14H2,1-2H3,(H,22,26)/t20-/m0/s1. The molecule has 1 heterocycles. The predicted molar refractivity (Wildman–Crippen MR) is 101 cm³/mol. The number of nitrogens with zero attached hydrogens (tertiary/aromatic N) is 2. The number of aliphatic hydroxyl groups is 1. The number of amides is 1. The molecule has 0 aliphatic carbocycles. The summed E-state index contributed by atoms with van der Waals surface area (Å²) >= 11 is 0. The van der Waals surface area contributed by atoms with E-state index in [4.69, 9.17) is 0 Å². The minimum atomic E-state index is -0.453. The lowest BCUT2D eigenvalue weighted by Crippen LogP contribution is -2.31. The van der Waals surface area contributed by atoms with Crippen LogP contribution in [0.15, 0.2) is 60.7 Å². The Morgan fingerprint density at radius 1 is 1.12 bits per heavy atom. The smallest absolute Gasteiger partial charge is 0.272 e. The van der Waals surface area contributed by atoms with Crippen molar-refractivity contribution in [3.63, 3.8) is 0 Å². The lowest BCUT2D eigenvalue weighted by molar-refractivity contribution is 0.0910. The van der Waals surface area contributed by atoms with Crippen LogP contribution >= 0.6 is 0 Å². The second kappa shape index (κ2) is 7.97. The van der Waals surface area contributed by atoms with Gasteiger partial charge in [-0.3, -0.25) is 9.48 Å². The maximum atomic E-state index is 12.6. The maximum Gasteiger partial charge on any atom is 0.272 e. The fourth-order valence-corrected chi connectivity index (χ4v) is 2.80. The molecule has 1 aromatic heterocycles. The first kappa shape index (κ1) is 17.9. The van der Waals surface area contributed by atoms with Gasteiger partial charge < -0.3 is 10.4 Å². The minimum Gasteiger partial charge on any atom is -0.394 e. The third kappa shape index (κ3) is 4.18. The molecule has 3 rings (SSSR count). The van der Waals surface area contributed by atoms with E-state index in [1.165, 1.54) is 5.56 Å². The number of carbonyl (C=O) groups excluding carboxylic acids is 1. The molecule has 5 heteroatoms. The van der Waals surface area contributed by atoms with Gasteiger partial charge in [-0.2, -0.15) is 5.10 Å². The van der Waals surface area contributed by atoms with Crippen LogP contribution in [0.2, 0.25) is 0 Å². The van der Waals surface area contributed by atoms with E-state index in [0.717, 1.165) is 16.8 Å². The fraction of sp³-hybridized carbons (Fsp3) is 0.238. The monoisotopic (exact) mass is 349 g/mol. The van der Waals surface area contributed by atoms with Gasteiger partial charge in [-0.1, -0.05) is 60.2 Å². The molecule has 0 saturated carbocycles. The van der Waals surface area contributed by atoms with Gasteiger partial charge in [-0.05, 0) is 31.0 Å². The highest BCUT2D eigenvalue weighted by atomic mass is 16.3. The van der Waals surface area contributed by atoms with Crippen molar-refractivity contribution in [2.45, 2.75) is 26.4 Å². The Labute approximate surface area is 153 Å². The van der Waals surface area contributed by atoms with Gasteiger partial charge in [0.25, 0.3) is 5.91 Å². The largest absolute Gasteiger partial charge is 0.394 e. The molecule has 0 unspecified atom stereocenters. The first-order chi connectivity index (χ1) is 12.6. The topological polar surface area (TPSA) is 67.2 Å². The first-order valence-electron chi connectivity index (χ1n) is 8.63. The summed E-state index contributed by atoms with van der Waals surface area (Å²) in [7, 11) is 0.